The van der Waals surface area contributed by atoms with Gasteiger partial charge in [0, 0.05) is 21.8 Å². The monoisotopic (exact) mass is 475 g/mol. The van der Waals surface area contributed by atoms with Gasteiger partial charge in [0.15, 0.2) is 24.2 Å². The van der Waals surface area contributed by atoms with Crippen LogP contribution < -0.4 is 14.2 Å². The molecular formula is C26H25N3O4S. The maximum Gasteiger partial charge on any atom is 0.226 e. The van der Waals surface area contributed by atoms with Gasteiger partial charge in [-0.1, -0.05) is 12.1 Å². The van der Waals surface area contributed by atoms with Crippen molar-refractivity contribution in [3.05, 3.63) is 64.1 Å². The van der Waals surface area contributed by atoms with Crippen molar-refractivity contribution in [3.63, 3.8) is 0 Å². The number of hydrogen-bond donors (Lipinski definition) is 0. The lowest BCUT2D eigenvalue weighted by atomic mass is 10.1. The number of benzene rings is 1. The molecule has 1 unspecified atom stereocenters. The number of aromatic nitrogens is 3. The van der Waals surface area contributed by atoms with E-state index in [4.69, 9.17) is 14.2 Å². The minimum absolute atomic E-state index is 0.0581. The number of ether oxygens (including phenoxy) is 3. The summed E-state index contributed by atoms with van der Waals surface area (Å²) in [4.78, 5) is 24.2. The van der Waals surface area contributed by atoms with Crippen LogP contribution in [-0.4, -0.2) is 39.6 Å². The summed E-state index contributed by atoms with van der Waals surface area (Å²) >= 11 is 1.71. The van der Waals surface area contributed by atoms with E-state index >= 15 is 0 Å². The molecule has 0 N–H and O–H groups in total. The number of fused-ring (bicyclic) bond motifs is 4. The van der Waals surface area contributed by atoms with Crippen molar-refractivity contribution >= 4 is 27.3 Å². The third-order valence-corrected chi connectivity index (χ3v) is 7.83. The van der Waals surface area contributed by atoms with Crippen LogP contribution in [0, 0.1) is 13.8 Å². The lowest BCUT2D eigenvalue weighted by molar-refractivity contribution is 0.0777. The number of nitrogens with zero attached hydrogens (tertiary/aromatic N) is 3. The number of para-hydroxylation sites is 2. The number of Topliss-reactive ketones (excluding diaryl/α,β-unsaturated/α-hetero) is 1. The molecular weight excluding hydrogens is 450 g/mol. The van der Waals surface area contributed by atoms with Gasteiger partial charge in [0.25, 0.3) is 0 Å². The van der Waals surface area contributed by atoms with E-state index in [0.29, 0.717) is 24.6 Å². The number of thiophene rings is 1. The average molecular weight is 476 g/mol. The zero-order valence-electron chi connectivity index (χ0n) is 19.2. The fourth-order valence-corrected chi connectivity index (χ4v) is 6.16. The third kappa shape index (κ3) is 3.62. The van der Waals surface area contributed by atoms with Gasteiger partial charge in [0.1, 0.15) is 17.8 Å². The number of ketones is 1. The highest BCUT2D eigenvalue weighted by Gasteiger charge is 2.25. The fraction of sp³-hybridized carbons (Fsp3) is 0.346. The molecule has 3 aromatic heterocycles. The van der Waals surface area contributed by atoms with Crippen molar-refractivity contribution in [2.24, 2.45) is 0 Å². The van der Waals surface area contributed by atoms with Crippen LogP contribution in [0.15, 0.2) is 36.7 Å². The maximum absolute atomic E-state index is 13.1. The smallest absolute Gasteiger partial charge is 0.226 e. The SMILES string of the molecule is Cc1cc(C(=O)COc2ncnc3sc4c(c23)CCC4)c(C)n1CC1COc2ccccc2O1. The van der Waals surface area contributed by atoms with Crippen LogP contribution in [0.5, 0.6) is 17.4 Å². The molecule has 4 heterocycles. The van der Waals surface area contributed by atoms with Crippen molar-refractivity contribution in [2.45, 2.75) is 45.8 Å². The highest BCUT2D eigenvalue weighted by atomic mass is 32.1. The molecule has 0 bridgehead atoms. The molecule has 0 fully saturated rings. The number of hydrogen-bond acceptors (Lipinski definition) is 7. The summed E-state index contributed by atoms with van der Waals surface area (Å²) in [5.41, 5.74) is 3.86. The van der Waals surface area contributed by atoms with Gasteiger partial charge in [-0.15, -0.1) is 11.3 Å². The molecule has 2 aliphatic rings. The van der Waals surface area contributed by atoms with E-state index in [1.807, 2.05) is 44.2 Å². The Bertz CT molecular complexity index is 1410. The molecule has 1 atom stereocenters. The first-order valence-electron chi connectivity index (χ1n) is 11.5. The largest absolute Gasteiger partial charge is 0.486 e. The summed E-state index contributed by atoms with van der Waals surface area (Å²) in [6.45, 7) is 4.98. The number of aryl methyl sites for hydroxylation is 3. The second kappa shape index (κ2) is 8.43. The Labute approximate surface area is 201 Å². The first kappa shape index (κ1) is 21.2. The molecule has 7 nitrogen and oxygen atoms in total. The molecule has 4 aromatic rings. The average Bonchev–Trinajstić information content (AvgIpc) is 3.52. The van der Waals surface area contributed by atoms with E-state index in [0.717, 1.165) is 52.4 Å². The zero-order chi connectivity index (χ0) is 23.2. The van der Waals surface area contributed by atoms with E-state index in [9.17, 15) is 4.79 Å². The Morgan fingerprint density at radius 3 is 2.94 bits per heavy atom. The van der Waals surface area contributed by atoms with Crippen LogP contribution in [0.2, 0.25) is 0 Å². The van der Waals surface area contributed by atoms with Crippen molar-refractivity contribution < 1.29 is 19.0 Å². The Kier molecular flexibility index (Phi) is 5.25. The summed E-state index contributed by atoms with van der Waals surface area (Å²) in [5.74, 6) is 1.96. The summed E-state index contributed by atoms with van der Waals surface area (Å²) in [5, 5.41) is 0.980. The van der Waals surface area contributed by atoms with Gasteiger partial charge in [-0.3, -0.25) is 4.79 Å². The van der Waals surface area contributed by atoms with Gasteiger partial charge in [-0.2, -0.15) is 0 Å². The zero-order valence-corrected chi connectivity index (χ0v) is 20.0. The van der Waals surface area contributed by atoms with Crippen molar-refractivity contribution in [2.75, 3.05) is 13.2 Å². The quantitative estimate of drug-likeness (QED) is 0.376. The van der Waals surface area contributed by atoms with Crippen LogP contribution in [-0.2, 0) is 19.4 Å². The maximum atomic E-state index is 13.1. The Balaban J connectivity index is 1.18. The number of carbonyl (C=O) groups is 1. The van der Waals surface area contributed by atoms with Gasteiger partial charge in [-0.25, -0.2) is 9.97 Å². The summed E-state index contributed by atoms with van der Waals surface area (Å²) in [7, 11) is 0. The molecule has 0 saturated heterocycles. The second-order valence-electron chi connectivity index (χ2n) is 8.82. The Morgan fingerprint density at radius 1 is 1.21 bits per heavy atom. The number of carbonyl (C=O) groups excluding carboxylic acids is 1. The standard InChI is InChI=1S/C26H25N3O4S/c1-15-10-19(16(2)29(15)11-17-12-31-21-7-3-4-8-22(21)33-17)20(30)13-32-25-24-18-6-5-9-23(18)34-26(24)28-14-27-25/h3-4,7-8,10,14,17H,5-6,9,11-13H2,1-2H3. The lowest BCUT2D eigenvalue weighted by Crippen LogP contribution is -2.33. The summed E-state index contributed by atoms with van der Waals surface area (Å²) in [6.07, 6.45) is 4.64. The molecule has 8 heteroatoms. The predicted molar refractivity (Wildman–Crippen MR) is 130 cm³/mol. The van der Waals surface area contributed by atoms with Crippen LogP contribution in [0.4, 0.5) is 0 Å². The predicted octanol–water partition coefficient (Wildman–Crippen LogP) is 4.70. The van der Waals surface area contributed by atoms with Crippen LogP contribution in [0.25, 0.3) is 10.2 Å². The lowest BCUT2D eigenvalue weighted by Gasteiger charge is -2.27. The molecule has 0 radical (unpaired) electrons. The minimum Gasteiger partial charge on any atom is -0.486 e. The van der Waals surface area contributed by atoms with Crippen molar-refractivity contribution in [3.8, 4) is 17.4 Å². The van der Waals surface area contributed by atoms with E-state index < -0.39 is 0 Å². The topological polar surface area (TPSA) is 75.5 Å². The van der Waals surface area contributed by atoms with Gasteiger partial charge in [0.2, 0.25) is 11.7 Å². The van der Waals surface area contributed by atoms with Gasteiger partial charge >= 0.3 is 0 Å². The van der Waals surface area contributed by atoms with Gasteiger partial charge in [0.05, 0.1) is 11.9 Å². The summed E-state index contributed by atoms with van der Waals surface area (Å²) in [6, 6.07) is 9.61. The van der Waals surface area contributed by atoms with Crippen molar-refractivity contribution in [1.82, 2.24) is 14.5 Å². The molecule has 0 saturated carbocycles. The second-order valence-corrected chi connectivity index (χ2v) is 9.90. The minimum atomic E-state index is -0.131. The number of rotatable bonds is 6. The molecule has 6 rings (SSSR count). The van der Waals surface area contributed by atoms with E-state index in [1.165, 1.54) is 16.8 Å². The first-order valence-corrected chi connectivity index (χ1v) is 12.4. The van der Waals surface area contributed by atoms with E-state index in [-0.39, 0.29) is 18.5 Å². The van der Waals surface area contributed by atoms with E-state index in [2.05, 4.69) is 14.5 Å². The molecule has 1 aromatic carbocycles. The molecule has 1 aliphatic carbocycles. The molecule has 1 aliphatic heterocycles. The molecule has 174 valence electrons. The molecule has 0 amide bonds. The highest BCUT2D eigenvalue weighted by Crippen LogP contribution is 2.40. The normalized spacial score (nSPS) is 16.6. The van der Waals surface area contributed by atoms with Crippen LogP contribution in [0.1, 0.15) is 38.6 Å². The molecule has 34 heavy (non-hydrogen) atoms. The van der Waals surface area contributed by atoms with Gasteiger partial charge in [-0.05, 0) is 56.9 Å². The van der Waals surface area contributed by atoms with E-state index in [1.54, 1.807) is 11.3 Å². The highest BCUT2D eigenvalue weighted by molar-refractivity contribution is 7.18. The van der Waals surface area contributed by atoms with Crippen LogP contribution >= 0.6 is 11.3 Å². The first-order chi connectivity index (χ1) is 16.6. The fourth-order valence-electron chi connectivity index (χ4n) is 4.94. The van der Waals surface area contributed by atoms with Crippen LogP contribution in [0.3, 0.4) is 0 Å². The Morgan fingerprint density at radius 2 is 2.06 bits per heavy atom. The third-order valence-electron chi connectivity index (χ3n) is 6.63. The molecule has 0 spiro atoms. The van der Waals surface area contributed by atoms with Gasteiger partial charge < -0.3 is 18.8 Å². The van der Waals surface area contributed by atoms with Crippen molar-refractivity contribution in [1.29, 1.82) is 0 Å². The summed E-state index contributed by atoms with van der Waals surface area (Å²) < 4.78 is 20.1. The Hall–Kier alpha value is -3.39.